The van der Waals surface area contributed by atoms with Gasteiger partial charge >= 0.3 is 5.97 Å². The van der Waals surface area contributed by atoms with Gasteiger partial charge in [0, 0.05) is 37.7 Å². The second kappa shape index (κ2) is 8.59. The zero-order valence-electron chi connectivity index (χ0n) is 17.1. The first-order valence-electron chi connectivity index (χ1n) is 9.94. The molecule has 0 saturated carbocycles. The predicted molar refractivity (Wildman–Crippen MR) is 108 cm³/mol. The topological polar surface area (TPSA) is 92.5 Å². The molecule has 2 heterocycles. The van der Waals surface area contributed by atoms with Crippen LogP contribution in [0.4, 0.5) is 0 Å². The fourth-order valence-corrected chi connectivity index (χ4v) is 4.19. The Bertz CT molecular complexity index is 948. The number of ketones is 1. The molecule has 1 aromatic heterocycles. The van der Waals surface area contributed by atoms with Crippen LogP contribution in [0.25, 0.3) is 0 Å². The van der Waals surface area contributed by atoms with Crippen LogP contribution in [0.5, 0.6) is 0 Å². The molecule has 29 heavy (non-hydrogen) atoms. The van der Waals surface area contributed by atoms with Crippen LogP contribution in [-0.4, -0.2) is 50.5 Å². The second-order valence-electron chi connectivity index (χ2n) is 7.68. The summed E-state index contributed by atoms with van der Waals surface area (Å²) in [5.74, 6) is -0.753. The van der Waals surface area contributed by atoms with E-state index in [0.29, 0.717) is 37.3 Å². The highest BCUT2D eigenvalue weighted by molar-refractivity contribution is 5.96. The van der Waals surface area contributed by atoms with E-state index in [-0.39, 0.29) is 23.2 Å². The lowest BCUT2D eigenvalue weighted by Gasteiger charge is -2.33. The first-order valence-corrected chi connectivity index (χ1v) is 9.94. The average molecular weight is 397 g/mol. The number of benzene rings is 1. The third kappa shape index (κ3) is 4.55. The third-order valence-corrected chi connectivity index (χ3v) is 5.65. The first kappa shape index (κ1) is 20.8. The summed E-state index contributed by atoms with van der Waals surface area (Å²) in [6, 6.07) is 6.99. The molecular weight excluding hydrogens is 370 g/mol. The van der Waals surface area contributed by atoms with Crippen LogP contribution in [0.15, 0.2) is 24.3 Å². The predicted octanol–water partition coefficient (Wildman–Crippen LogP) is 3.20. The standard InChI is InChI=1S/C22H27N3O4/c1-14-21(16(3)26)15(2)25(23-14)11-9-20(27)24-10-5-8-19(13-24)17-6-4-7-18(12-17)22(28)29/h4,6-7,12,19H,5,8-11,13H2,1-3H3,(H,28,29). The van der Waals surface area contributed by atoms with Crippen molar-refractivity contribution >= 4 is 17.7 Å². The van der Waals surface area contributed by atoms with E-state index in [4.69, 9.17) is 0 Å². The van der Waals surface area contributed by atoms with Crippen LogP contribution in [0.3, 0.4) is 0 Å². The number of amides is 1. The lowest BCUT2D eigenvalue weighted by atomic mass is 9.89. The summed E-state index contributed by atoms with van der Waals surface area (Å²) in [6.45, 7) is 6.94. The molecule has 1 amide bonds. The summed E-state index contributed by atoms with van der Waals surface area (Å²) < 4.78 is 1.74. The lowest BCUT2D eigenvalue weighted by molar-refractivity contribution is -0.132. The Balaban J connectivity index is 1.65. The Labute approximate surface area is 170 Å². The van der Waals surface area contributed by atoms with Gasteiger partial charge in [0.1, 0.15) is 0 Å². The maximum atomic E-state index is 12.8. The van der Waals surface area contributed by atoms with E-state index in [1.807, 2.05) is 24.8 Å². The molecule has 2 aromatic rings. The van der Waals surface area contributed by atoms with E-state index in [9.17, 15) is 19.5 Å². The molecule has 7 nitrogen and oxygen atoms in total. The summed E-state index contributed by atoms with van der Waals surface area (Å²) in [5, 5.41) is 13.6. The summed E-state index contributed by atoms with van der Waals surface area (Å²) in [6.07, 6.45) is 2.15. The van der Waals surface area contributed by atoms with Crippen molar-refractivity contribution in [1.82, 2.24) is 14.7 Å². The Morgan fingerprint density at radius 3 is 2.66 bits per heavy atom. The molecule has 1 atom stereocenters. The van der Waals surface area contributed by atoms with Gasteiger partial charge in [0.2, 0.25) is 5.91 Å². The molecule has 1 N–H and O–H groups in total. The second-order valence-corrected chi connectivity index (χ2v) is 7.68. The Hall–Kier alpha value is -2.96. The zero-order chi connectivity index (χ0) is 21.1. The maximum absolute atomic E-state index is 12.8. The number of hydrogen-bond acceptors (Lipinski definition) is 4. The van der Waals surface area contributed by atoms with Crippen LogP contribution >= 0.6 is 0 Å². The van der Waals surface area contributed by atoms with Crippen LogP contribution in [0.2, 0.25) is 0 Å². The lowest BCUT2D eigenvalue weighted by Crippen LogP contribution is -2.39. The number of Topliss-reactive ketones (excluding diaryl/α,β-unsaturated/α-hetero) is 1. The summed E-state index contributed by atoms with van der Waals surface area (Å²) in [4.78, 5) is 37.6. The third-order valence-electron chi connectivity index (χ3n) is 5.65. The van der Waals surface area contributed by atoms with Crippen LogP contribution in [-0.2, 0) is 11.3 Å². The number of carbonyl (C=O) groups is 3. The van der Waals surface area contributed by atoms with E-state index in [2.05, 4.69) is 5.10 Å². The summed E-state index contributed by atoms with van der Waals surface area (Å²) >= 11 is 0. The Kier molecular flexibility index (Phi) is 6.15. The number of nitrogens with zero attached hydrogens (tertiary/aromatic N) is 3. The van der Waals surface area contributed by atoms with Crippen molar-refractivity contribution in [3.8, 4) is 0 Å². The molecule has 154 valence electrons. The molecule has 1 aromatic carbocycles. The molecule has 0 radical (unpaired) electrons. The number of aromatic nitrogens is 2. The van der Waals surface area contributed by atoms with Gasteiger partial charge in [-0.25, -0.2) is 4.79 Å². The molecule has 3 rings (SSSR count). The van der Waals surface area contributed by atoms with Gasteiger partial charge in [-0.15, -0.1) is 0 Å². The van der Waals surface area contributed by atoms with Crippen molar-refractivity contribution in [1.29, 1.82) is 0 Å². The highest BCUT2D eigenvalue weighted by Crippen LogP contribution is 2.28. The quantitative estimate of drug-likeness (QED) is 0.756. The highest BCUT2D eigenvalue weighted by atomic mass is 16.4. The van der Waals surface area contributed by atoms with Gasteiger partial charge in [-0.05, 0) is 51.3 Å². The minimum atomic E-state index is -0.939. The van der Waals surface area contributed by atoms with Gasteiger partial charge in [0.05, 0.1) is 16.8 Å². The number of piperidine rings is 1. The molecule has 1 unspecified atom stereocenters. The van der Waals surface area contributed by atoms with Crippen LogP contribution in [0, 0.1) is 13.8 Å². The number of carboxylic acids is 1. The van der Waals surface area contributed by atoms with Gasteiger partial charge in [0.15, 0.2) is 5.78 Å². The SMILES string of the molecule is CC(=O)c1c(C)nn(CCC(=O)N2CCCC(c3cccc(C(=O)O)c3)C2)c1C. The maximum Gasteiger partial charge on any atom is 0.335 e. The number of carbonyl (C=O) groups excluding carboxylic acids is 2. The number of aryl methyl sites for hydroxylation is 2. The number of hydrogen-bond donors (Lipinski definition) is 1. The molecule has 1 aliphatic heterocycles. The molecule has 1 fully saturated rings. The smallest absolute Gasteiger partial charge is 0.335 e. The minimum Gasteiger partial charge on any atom is -0.478 e. The van der Waals surface area contributed by atoms with Gasteiger partial charge in [-0.3, -0.25) is 14.3 Å². The van der Waals surface area contributed by atoms with E-state index in [1.165, 1.54) is 6.92 Å². The molecule has 1 saturated heterocycles. The average Bonchev–Trinajstić information content (AvgIpc) is 2.99. The summed E-state index contributed by atoms with van der Waals surface area (Å²) in [7, 11) is 0. The van der Waals surface area contributed by atoms with Crippen molar-refractivity contribution < 1.29 is 19.5 Å². The van der Waals surface area contributed by atoms with Crippen LogP contribution < -0.4 is 0 Å². The molecule has 7 heteroatoms. The number of carboxylic acid groups (broad SMARTS) is 1. The first-order chi connectivity index (χ1) is 13.8. The molecular formula is C22H27N3O4. The van der Waals surface area contributed by atoms with Crippen LogP contribution in [0.1, 0.15) is 69.8 Å². The van der Waals surface area contributed by atoms with E-state index in [0.717, 1.165) is 24.1 Å². The number of rotatable bonds is 6. The molecule has 0 spiro atoms. The number of likely N-dealkylation sites (tertiary alicyclic amines) is 1. The monoisotopic (exact) mass is 397 g/mol. The van der Waals surface area contributed by atoms with E-state index in [1.54, 1.807) is 22.9 Å². The van der Waals surface area contributed by atoms with Crippen molar-refractivity contribution in [2.75, 3.05) is 13.1 Å². The molecule has 0 bridgehead atoms. The van der Waals surface area contributed by atoms with Gasteiger partial charge in [-0.2, -0.15) is 5.10 Å². The van der Waals surface area contributed by atoms with Gasteiger partial charge in [-0.1, -0.05) is 12.1 Å². The van der Waals surface area contributed by atoms with Crippen molar-refractivity contribution in [2.45, 2.75) is 52.5 Å². The largest absolute Gasteiger partial charge is 0.478 e. The van der Waals surface area contributed by atoms with Gasteiger partial charge in [0.25, 0.3) is 0 Å². The van der Waals surface area contributed by atoms with E-state index < -0.39 is 5.97 Å². The minimum absolute atomic E-state index is 0.0139. The number of aromatic carboxylic acids is 1. The Morgan fingerprint density at radius 2 is 2.00 bits per heavy atom. The zero-order valence-corrected chi connectivity index (χ0v) is 17.1. The van der Waals surface area contributed by atoms with Crippen molar-refractivity contribution in [3.05, 3.63) is 52.3 Å². The van der Waals surface area contributed by atoms with Crippen molar-refractivity contribution in [3.63, 3.8) is 0 Å². The highest BCUT2D eigenvalue weighted by Gasteiger charge is 2.25. The van der Waals surface area contributed by atoms with Crippen molar-refractivity contribution in [2.24, 2.45) is 0 Å². The van der Waals surface area contributed by atoms with Gasteiger partial charge < -0.3 is 10.0 Å². The van der Waals surface area contributed by atoms with E-state index >= 15 is 0 Å². The summed E-state index contributed by atoms with van der Waals surface area (Å²) in [5.41, 5.74) is 3.36. The normalized spacial score (nSPS) is 16.7. The molecule has 0 aliphatic carbocycles. The molecule has 1 aliphatic rings. The fraction of sp³-hybridized carbons (Fsp3) is 0.455. The Morgan fingerprint density at radius 1 is 1.24 bits per heavy atom. The fourth-order valence-electron chi connectivity index (χ4n) is 4.19.